The molecule has 8 nitrogen and oxygen atoms in total. The maximum absolute atomic E-state index is 11.6. The van der Waals surface area contributed by atoms with Gasteiger partial charge in [0.1, 0.15) is 0 Å². The van der Waals surface area contributed by atoms with E-state index < -0.39 is 17.9 Å². The first kappa shape index (κ1) is 17.8. The summed E-state index contributed by atoms with van der Waals surface area (Å²) in [6.45, 7) is 5.47. The number of carboxylic acid groups (broad SMARTS) is 1. The molecule has 2 N–H and O–H groups in total. The van der Waals surface area contributed by atoms with Crippen LogP contribution in [0, 0.1) is 18.8 Å². The molecule has 0 aliphatic carbocycles. The Morgan fingerprint density at radius 1 is 1.32 bits per heavy atom. The van der Waals surface area contributed by atoms with Crippen molar-refractivity contribution in [3.05, 3.63) is 22.1 Å². The second kappa shape index (κ2) is 8.26. The van der Waals surface area contributed by atoms with Crippen molar-refractivity contribution < 1.29 is 28.3 Å². The first-order valence-corrected chi connectivity index (χ1v) is 6.99. The van der Waals surface area contributed by atoms with Gasteiger partial charge in [-0.05, 0) is 25.2 Å². The number of alkyl carbamates (subject to hydrolysis) is 1. The number of hydrogen-bond acceptors (Lipinski definition) is 6. The van der Waals surface area contributed by atoms with Gasteiger partial charge in [-0.1, -0.05) is 13.8 Å². The lowest BCUT2D eigenvalue weighted by atomic mass is 9.94. The van der Waals surface area contributed by atoms with Crippen LogP contribution in [0.15, 0.2) is 13.6 Å². The van der Waals surface area contributed by atoms with E-state index in [0.717, 1.165) is 0 Å². The quantitative estimate of drug-likeness (QED) is 0.751. The van der Waals surface area contributed by atoms with E-state index in [0.29, 0.717) is 12.3 Å². The lowest BCUT2D eigenvalue weighted by Crippen LogP contribution is -2.31. The number of carbonyl (C=O) groups excluding carboxylic acids is 1. The zero-order valence-electron chi connectivity index (χ0n) is 12.9. The van der Waals surface area contributed by atoms with Crippen LogP contribution in [0.3, 0.4) is 0 Å². The number of aliphatic carboxylic acids is 1. The van der Waals surface area contributed by atoms with Gasteiger partial charge in [-0.3, -0.25) is 4.79 Å². The lowest BCUT2D eigenvalue weighted by Gasteiger charge is -2.17. The fourth-order valence-corrected chi connectivity index (χ4v) is 2.07. The van der Waals surface area contributed by atoms with Crippen molar-refractivity contribution in [2.45, 2.75) is 40.2 Å². The average molecular weight is 315 g/mol. The fourth-order valence-electron chi connectivity index (χ4n) is 2.07. The number of nitrogens with one attached hydrogen (secondary N) is 1. The Morgan fingerprint density at radius 3 is 2.50 bits per heavy atom. The molecule has 0 saturated heterocycles. The van der Waals surface area contributed by atoms with E-state index >= 15 is 0 Å². The normalized spacial score (nSPS) is 12.2. The average Bonchev–Trinajstić information content (AvgIpc) is 2.70. The highest BCUT2D eigenvalue weighted by Gasteiger charge is 2.17. The summed E-state index contributed by atoms with van der Waals surface area (Å²) >= 11 is 0. The molecule has 0 bridgehead atoms. The molecule has 1 amide bonds. The Labute approximate surface area is 127 Å². The molecule has 1 aromatic rings. The van der Waals surface area contributed by atoms with Crippen LogP contribution >= 0.6 is 0 Å². The van der Waals surface area contributed by atoms with Gasteiger partial charge in [0.2, 0.25) is 0 Å². The molecule has 124 valence electrons. The van der Waals surface area contributed by atoms with E-state index in [2.05, 4.69) is 9.73 Å². The van der Waals surface area contributed by atoms with Gasteiger partial charge >= 0.3 is 17.9 Å². The third kappa shape index (κ3) is 6.47. The van der Waals surface area contributed by atoms with Crippen molar-refractivity contribution in [3.8, 4) is 0 Å². The Kier molecular flexibility index (Phi) is 6.68. The van der Waals surface area contributed by atoms with Crippen molar-refractivity contribution in [2.75, 3.05) is 6.54 Å². The SMILES string of the molecule is Cc1oc(=O)oc1COC(=O)NCC(CC(=O)O)CC(C)C. The Bertz CT molecular complexity index is 558. The molecule has 0 fully saturated rings. The summed E-state index contributed by atoms with van der Waals surface area (Å²) in [6.07, 6.45) is -0.0430. The first-order valence-electron chi connectivity index (χ1n) is 6.99. The highest BCUT2D eigenvalue weighted by atomic mass is 16.6. The number of hydrogen-bond donors (Lipinski definition) is 2. The molecule has 1 unspecified atom stereocenters. The summed E-state index contributed by atoms with van der Waals surface area (Å²) in [4.78, 5) is 33.2. The van der Waals surface area contributed by atoms with Gasteiger partial charge in [0, 0.05) is 13.0 Å². The Morgan fingerprint density at radius 2 is 2.00 bits per heavy atom. The molecule has 1 aromatic heterocycles. The predicted octanol–water partition coefficient (Wildman–Crippen LogP) is 1.90. The fraction of sp³-hybridized carbons (Fsp3) is 0.643. The van der Waals surface area contributed by atoms with E-state index in [1.807, 2.05) is 13.8 Å². The molecule has 1 rings (SSSR count). The third-order valence-corrected chi connectivity index (χ3v) is 2.97. The smallest absolute Gasteiger partial charge is 0.481 e. The minimum Gasteiger partial charge on any atom is -0.481 e. The second-order valence-corrected chi connectivity index (χ2v) is 5.48. The zero-order valence-corrected chi connectivity index (χ0v) is 12.9. The lowest BCUT2D eigenvalue weighted by molar-refractivity contribution is -0.138. The van der Waals surface area contributed by atoms with Gasteiger partial charge in [0.15, 0.2) is 18.1 Å². The minimum atomic E-state index is -0.906. The van der Waals surface area contributed by atoms with Gasteiger partial charge in [0.25, 0.3) is 0 Å². The van der Waals surface area contributed by atoms with Gasteiger partial charge < -0.3 is 24.0 Å². The highest BCUT2D eigenvalue weighted by Crippen LogP contribution is 2.15. The minimum absolute atomic E-state index is 0.0197. The monoisotopic (exact) mass is 315 g/mol. The van der Waals surface area contributed by atoms with Crippen molar-refractivity contribution in [2.24, 2.45) is 11.8 Å². The summed E-state index contributed by atoms with van der Waals surface area (Å²) in [7, 11) is 0. The molecular formula is C14H21NO7. The maximum atomic E-state index is 11.6. The van der Waals surface area contributed by atoms with E-state index in [-0.39, 0.29) is 37.0 Å². The number of ether oxygens (including phenoxy) is 1. The van der Waals surface area contributed by atoms with Gasteiger partial charge in [0.05, 0.1) is 0 Å². The summed E-state index contributed by atoms with van der Waals surface area (Å²) in [6, 6.07) is 0. The summed E-state index contributed by atoms with van der Waals surface area (Å²) in [5, 5.41) is 11.4. The summed E-state index contributed by atoms with van der Waals surface area (Å²) in [5.41, 5.74) is 0. The predicted molar refractivity (Wildman–Crippen MR) is 75.4 cm³/mol. The number of aryl methyl sites for hydroxylation is 1. The van der Waals surface area contributed by atoms with Gasteiger partial charge in [-0.15, -0.1) is 0 Å². The molecule has 8 heteroatoms. The molecule has 0 radical (unpaired) electrons. The highest BCUT2D eigenvalue weighted by molar-refractivity contribution is 5.68. The maximum Gasteiger partial charge on any atom is 0.519 e. The first-order chi connectivity index (χ1) is 10.3. The molecule has 0 saturated carbocycles. The summed E-state index contributed by atoms with van der Waals surface area (Å²) < 4.78 is 14.2. The van der Waals surface area contributed by atoms with Crippen molar-refractivity contribution >= 4 is 12.1 Å². The van der Waals surface area contributed by atoms with Crippen LogP contribution in [0.2, 0.25) is 0 Å². The molecule has 1 atom stereocenters. The van der Waals surface area contributed by atoms with Crippen molar-refractivity contribution in [1.82, 2.24) is 5.32 Å². The topological polar surface area (TPSA) is 119 Å². The Hall–Kier alpha value is -2.25. The molecule has 0 aromatic carbocycles. The van der Waals surface area contributed by atoms with Gasteiger partial charge in [-0.25, -0.2) is 9.59 Å². The van der Waals surface area contributed by atoms with E-state index in [1.165, 1.54) is 6.92 Å². The molecule has 0 spiro atoms. The number of carbonyl (C=O) groups is 2. The van der Waals surface area contributed by atoms with E-state index in [4.69, 9.17) is 14.3 Å². The van der Waals surface area contributed by atoms with Crippen molar-refractivity contribution in [3.63, 3.8) is 0 Å². The standard InChI is InChI=1S/C14H21NO7/c1-8(2)4-10(5-12(16)17)6-15-13(18)20-7-11-9(3)21-14(19)22-11/h8,10H,4-7H2,1-3H3,(H,15,18)(H,16,17). The van der Waals surface area contributed by atoms with Crippen LogP contribution in [0.25, 0.3) is 0 Å². The van der Waals surface area contributed by atoms with Crippen LogP contribution in [-0.2, 0) is 16.1 Å². The largest absolute Gasteiger partial charge is 0.519 e. The van der Waals surface area contributed by atoms with Crippen molar-refractivity contribution in [1.29, 1.82) is 0 Å². The Balaban J connectivity index is 2.41. The molecule has 0 aliphatic heterocycles. The number of carboxylic acids is 1. The van der Waals surface area contributed by atoms with Crippen LogP contribution in [0.1, 0.15) is 38.2 Å². The zero-order chi connectivity index (χ0) is 16.7. The second-order valence-electron chi connectivity index (χ2n) is 5.48. The van der Waals surface area contributed by atoms with E-state index in [1.54, 1.807) is 0 Å². The van der Waals surface area contributed by atoms with Crippen LogP contribution < -0.4 is 11.1 Å². The van der Waals surface area contributed by atoms with E-state index in [9.17, 15) is 14.4 Å². The van der Waals surface area contributed by atoms with Crippen LogP contribution in [-0.4, -0.2) is 23.7 Å². The molecule has 0 aliphatic rings. The molecular weight excluding hydrogens is 294 g/mol. The molecule has 22 heavy (non-hydrogen) atoms. The summed E-state index contributed by atoms with van der Waals surface area (Å²) in [5.74, 6) is -1.21. The third-order valence-electron chi connectivity index (χ3n) is 2.97. The number of amides is 1. The van der Waals surface area contributed by atoms with Gasteiger partial charge in [-0.2, -0.15) is 0 Å². The number of rotatable bonds is 8. The molecule has 1 heterocycles. The van der Waals surface area contributed by atoms with Crippen LogP contribution in [0.5, 0.6) is 0 Å². The van der Waals surface area contributed by atoms with Crippen LogP contribution in [0.4, 0.5) is 4.79 Å².